The molecule has 2 amide bonds. The van der Waals surface area contributed by atoms with Gasteiger partial charge in [-0.15, -0.1) is 0 Å². The summed E-state index contributed by atoms with van der Waals surface area (Å²) < 4.78 is 1.65. The first-order valence-corrected chi connectivity index (χ1v) is 6.27. The molecule has 116 valence electrons. The van der Waals surface area contributed by atoms with Gasteiger partial charge in [-0.1, -0.05) is 0 Å². The normalized spacial score (nSPS) is 11.7. The van der Waals surface area contributed by atoms with Gasteiger partial charge in [-0.05, 0) is 13.3 Å². The lowest BCUT2D eigenvalue weighted by Gasteiger charge is -2.14. The van der Waals surface area contributed by atoms with Gasteiger partial charge in [0, 0.05) is 31.3 Å². The van der Waals surface area contributed by atoms with Crippen LogP contribution in [0.2, 0.25) is 0 Å². The zero-order chi connectivity index (χ0) is 16.0. The van der Waals surface area contributed by atoms with E-state index in [0.717, 1.165) is 11.3 Å². The van der Waals surface area contributed by atoms with E-state index in [1.807, 2.05) is 6.92 Å². The molecule has 1 aromatic heterocycles. The Kier molecular flexibility index (Phi) is 5.70. The van der Waals surface area contributed by atoms with Gasteiger partial charge in [0.1, 0.15) is 6.04 Å². The topological polar surface area (TPSA) is 134 Å². The predicted octanol–water partition coefficient (Wildman–Crippen LogP) is -0.154. The van der Waals surface area contributed by atoms with Crippen molar-refractivity contribution in [1.29, 1.82) is 0 Å². The Balaban J connectivity index is 2.48. The highest BCUT2D eigenvalue weighted by atomic mass is 16.4. The molecular weight excluding hydrogens is 280 g/mol. The fourth-order valence-corrected chi connectivity index (χ4v) is 1.63. The molecule has 0 aliphatic rings. The van der Waals surface area contributed by atoms with Gasteiger partial charge in [0.25, 0.3) is 0 Å². The molecule has 1 heterocycles. The Bertz CT molecular complexity index is 540. The minimum absolute atomic E-state index is 0.177. The zero-order valence-corrected chi connectivity index (χ0v) is 11.8. The SMILES string of the molecule is Cc1c(CNC(=O)N[C@@H](CCC(=O)O)C(=O)O)cnn1C. The number of urea groups is 1. The largest absolute Gasteiger partial charge is 0.481 e. The number of hydrogen-bond acceptors (Lipinski definition) is 4. The molecule has 1 aromatic rings. The smallest absolute Gasteiger partial charge is 0.326 e. The molecule has 1 rings (SSSR count). The lowest BCUT2D eigenvalue weighted by atomic mass is 10.1. The third kappa shape index (κ3) is 5.13. The monoisotopic (exact) mass is 298 g/mol. The van der Waals surface area contributed by atoms with Crippen LogP contribution >= 0.6 is 0 Å². The van der Waals surface area contributed by atoms with Crippen molar-refractivity contribution in [2.24, 2.45) is 7.05 Å². The molecule has 0 bridgehead atoms. The highest BCUT2D eigenvalue weighted by Gasteiger charge is 2.20. The number of hydrogen-bond donors (Lipinski definition) is 4. The number of carbonyl (C=O) groups excluding carboxylic acids is 1. The molecule has 0 unspecified atom stereocenters. The summed E-state index contributed by atoms with van der Waals surface area (Å²) >= 11 is 0. The quantitative estimate of drug-likeness (QED) is 0.553. The number of nitrogens with zero attached hydrogens (tertiary/aromatic N) is 2. The number of nitrogens with one attached hydrogen (secondary N) is 2. The summed E-state index contributed by atoms with van der Waals surface area (Å²) in [5, 5.41) is 26.2. The van der Waals surface area contributed by atoms with Crippen molar-refractivity contribution in [3.63, 3.8) is 0 Å². The van der Waals surface area contributed by atoms with Gasteiger partial charge in [-0.3, -0.25) is 9.48 Å². The number of rotatable bonds is 7. The van der Waals surface area contributed by atoms with E-state index in [0.29, 0.717) is 0 Å². The van der Waals surface area contributed by atoms with E-state index in [2.05, 4.69) is 15.7 Å². The van der Waals surface area contributed by atoms with Crippen LogP contribution in [-0.2, 0) is 23.2 Å². The van der Waals surface area contributed by atoms with Crippen molar-refractivity contribution in [2.75, 3.05) is 0 Å². The van der Waals surface area contributed by atoms with Crippen LogP contribution in [0.4, 0.5) is 4.79 Å². The van der Waals surface area contributed by atoms with Crippen LogP contribution in [0.15, 0.2) is 6.20 Å². The second-order valence-corrected chi connectivity index (χ2v) is 4.53. The number of amides is 2. The summed E-state index contributed by atoms with van der Waals surface area (Å²) in [5.74, 6) is -2.39. The molecule has 4 N–H and O–H groups in total. The fraction of sp³-hybridized carbons (Fsp3) is 0.500. The van der Waals surface area contributed by atoms with Crippen molar-refractivity contribution in [1.82, 2.24) is 20.4 Å². The van der Waals surface area contributed by atoms with Gasteiger partial charge in [0.15, 0.2) is 0 Å². The minimum Gasteiger partial charge on any atom is -0.481 e. The number of aliphatic carboxylic acids is 2. The van der Waals surface area contributed by atoms with Crippen molar-refractivity contribution >= 4 is 18.0 Å². The van der Waals surface area contributed by atoms with E-state index >= 15 is 0 Å². The number of carboxylic acids is 2. The standard InChI is InChI=1S/C12H18N4O5/c1-7-8(6-14-16(7)2)5-13-12(21)15-9(11(19)20)3-4-10(17)18/h6,9H,3-5H2,1-2H3,(H,17,18)(H,19,20)(H2,13,15,21)/t9-/m0/s1. The summed E-state index contributed by atoms with van der Waals surface area (Å²) in [6.45, 7) is 2.05. The van der Waals surface area contributed by atoms with E-state index in [1.165, 1.54) is 0 Å². The first-order valence-electron chi connectivity index (χ1n) is 6.27. The average molecular weight is 298 g/mol. The van der Waals surface area contributed by atoms with E-state index < -0.39 is 24.0 Å². The molecule has 9 nitrogen and oxygen atoms in total. The molecule has 0 saturated carbocycles. The lowest BCUT2D eigenvalue weighted by molar-refractivity contribution is -0.140. The molecule has 9 heteroatoms. The maximum Gasteiger partial charge on any atom is 0.326 e. The van der Waals surface area contributed by atoms with Crippen molar-refractivity contribution < 1.29 is 24.6 Å². The summed E-state index contributed by atoms with van der Waals surface area (Å²) in [5.41, 5.74) is 1.70. The number of carboxylic acid groups (broad SMARTS) is 2. The van der Waals surface area contributed by atoms with E-state index in [4.69, 9.17) is 10.2 Å². The predicted molar refractivity (Wildman–Crippen MR) is 71.6 cm³/mol. The number of aryl methyl sites for hydroxylation is 1. The third-order valence-corrected chi connectivity index (χ3v) is 3.03. The highest BCUT2D eigenvalue weighted by Crippen LogP contribution is 2.04. The minimum atomic E-state index is -1.27. The Morgan fingerprint density at radius 1 is 1.38 bits per heavy atom. The number of carbonyl (C=O) groups is 3. The number of aromatic nitrogens is 2. The summed E-state index contributed by atoms with van der Waals surface area (Å²) in [7, 11) is 1.77. The van der Waals surface area contributed by atoms with Gasteiger partial charge in [-0.2, -0.15) is 5.10 Å². The molecule has 0 spiro atoms. The Morgan fingerprint density at radius 2 is 2.05 bits per heavy atom. The van der Waals surface area contributed by atoms with Crippen LogP contribution < -0.4 is 10.6 Å². The van der Waals surface area contributed by atoms with Crippen LogP contribution in [0, 0.1) is 6.92 Å². The molecule has 0 saturated heterocycles. The zero-order valence-electron chi connectivity index (χ0n) is 11.8. The Labute approximate surface area is 120 Å². The third-order valence-electron chi connectivity index (χ3n) is 3.03. The van der Waals surface area contributed by atoms with Gasteiger partial charge in [0.2, 0.25) is 0 Å². The maximum absolute atomic E-state index is 11.6. The summed E-state index contributed by atoms with van der Waals surface area (Å²) in [6.07, 6.45) is 1.09. The summed E-state index contributed by atoms with van der Waals surface area (Å²) in [4.78, 5) is 33.0. The second-order valence-electron chi connectivity index (χ2n) is 4.53. The van der Waals surface area contributed by atoms with Crippen molar-refractivity contribution in [3.8, 4) is 0 Å². The van der Waals surface area contributed by atoms with Crippen LogP contribution in [-0.4, -0.2) is 44.0 Å². The van der Waals surface area contributed by atoms with E-state index in [1.54, 1.807) is 17.9 Å². The van der Waals surface area contributed by atoms with Gasteiger partial charge < -0.3 is 20.8 Å². The Hall–Kier alpha value is -2.58. The Morgan fingerprint density at radius 3 is 2.52 bits per heavy atom. The van der Waals surface area contributed by atoms with Crippen LogP contribution in [0.3, 0.4) is 0 Å². The molecule has 1 atom stereocenters. The van der Waals surface area contributed by atoms with Gasteiger partial charge in [-0.25, -0.2) is 9.59 Å². The van der Waals surface area contributed by atoms with Crippen LogP contribution in [0.25, 0.3) is 0 Å². The maximum atomic E-state index is 11.6. The molecule has 0 fully saturated rings. The van der Waals surface area contributed by atoms with E-state index in [9.17, 15) is 14.4 Å². The van der Waals surface area contributed by atoms with Crippen LogP contribution in [0.5, 0.6) is 0 Å². The first-order chi connectivity index (χ1) is 9.81. The van der Waals surface area contributed by atoms with Crippen LogP contribution in [0.1, 0.15) is 24.1 Å². The van der Waals surface area contributed by atoms with Gasteiger partial charge >= 0.3 is 18.0 Å². The lowest BCUT2D eigenvalue weighted by Crippen LogP contribution is -2.46. The molecule has 21 heavy (non-hydrogen) atoms. The van der Waals surface area contributed by atoms with Crippen molar-refractivity contribution in [2.45, 2.75) is 32.4 Å². The second kappa shape index (κ2) is 7.27. The molecule has 0 aliphatic carbocycles. The summed E-state index contributed by atoms with van der Waals surface area (Å²) in [6, 6.07) is -1.91. The molecular formula is C12H18N4O5. The molecule has 0 radical (unpaired) electrons. The first kappa shape index (κ1) is 16.5. The van der Waals surface area contributed by atoms with Crippen molar-refractivity contribution in [3.05, 3.63) is 17.5 Å². The molecule has 0 aliphatic heterocycles. The van der Waals surface area contributed by atoms with Gasteiger partial charge in [0.05, 0.1) is 6.20 Å². The highest BCUT2D eigenvalue weighted by molar-refractivity contribution is 5.83. The average Bonchev–Trinajstić information content (AvgIpc) is 2.72. The fourth-order valence-electron chi connectivity index (χ4n) is 1.63. The molecule has 0 aromatic carbocycles. The van der Waals surface area contributed by atoms with E-state index in [-0.39, 0.29) is 19.4 Å².